The van der Waals surface area contributed by atoms with Crippen LogP contribution >= 0.6 is 0 Å². The highest BCUT2D eigenvalue weighted by Gasteiger charge is 2.33. The predicted octanol–water partition coefficient (Wildman–Crippen LogP) is 3.46. The first-order valence-corrected chi connectivity index (χ1v) is 12.1. The van der Waals surface area contributed by atoms with Gasteiger partial charge >= 0.3 is 6.03 Å². The summed E-state index contributed by atoms with van der Waals surface area (Å²) in [5.74, 6) is 2.02. The number of nitrogens with one attached hydrogen (secondary N) is 2. The zero-order valence-electron chi connectivity index (χ0n) is 21.2. The molecule has 1 unspecified atom stereocenters. The first-order chi connectivity index (χ1) is 17.4. The fraction of sp³-hybridized carbons (Fsp3) is 0.423. The van der Waals surface area contributed by atoms with Gasteiger partial charge in [0.25, 0.3) is 0 Å². The Labute approximate surface area is 212 Å². The SMILES string of the molecule is CC(C)C1CN(C(=O)Nc2ccc3c(c2)OCCO3)CCN1C(=Nc1ccc(N(C)C)cc1)NC#N. The van der Waals surface area contributed by atoms with Gasteiger partial charge in [0.05, 0.1) is 11.7 Å². The van der Waals surface area contributed by atoms with E-state index >= 15 is 0 Å². The van der Waals surface area contributed by atoms with Gasteiger partial charge in [-0.05, 0) is 42.3 Å². The fourth-order valence-corrected chi connectivity index (χ4v) is 4.31. The van der Waals surface area contributed by atoms with Crippen LogP contribution in [0.25, 0.3) is 0 Å². The van der Waals surface area contributed by atoms with Crippen molar-refractivity contribution in [1.29, 1.82) is 5.26 Å². The molecule has 0 aromatic heterocycles. The van der Waals surface area contributed by atoms with Crippen LogP contribution in [-0.2, 0) is 0 Å². The molecule has 1 saturated heterocycles. The maximum absolute atomic E-state index is 13.1. The molecule has 0 radical (unpaired) electrons. The molecule has 2 amide bonds. The first kappa shape index (κ1) is 25.0. The van der Waals surface area contributed by atoms with Gasteiger partial charge in [-0.3, -0.25) is 5.32 Å². The largest absolute Gasteiger partial charge is 0.486 e. The average Bonchev–Trinajstić information content (AvgIpc) is 2.88. The number of amides is 2. The average molecular weight is 492 g/mol. The highest BCUT2D eigenvalue weighted by Crippen LogP contribution is 2.33. The number of ether oxygens (including phenoxy) is 2. The van der Waals surface area contributed by atoms with Crippen molar-refractivity contribution in [1.82, 2.24) is 15.1 Å². The van der Waals surface area contributed by atoms with Crippen LogP contribution in [0.3, 0.4) is 0 Å². The summed E-state index contributed by atoms with van der Waals surface area (Å²) in [4.78, 5) is 23.7. The van der Waals surface area contributed by atoms with E-state index in [2.05, 4.69) is 29.4 Å². The molecule has 0 spiro atoms. The van der Waals surface area contributed by atoms with E-state index in [1.807, 2.05) is 55.5 Å². The van der Waals surface area contributed by atoms with Crippen LogP contribution in [0.5, 0.6) is 11.5 Å². The van der Waals surface area contributed by atoms with Gasteiger partial charge in [0.15, 0.2) is 17.7 Å². The molecule has 10 heteroatoms. The third kappa shape index (κ3) is 5.74. The van der Waals surface area contributed by atoms with Crippen molar-refractivity contribution in [3.63, 3.8) is 0 Å². The first-order valence-electron chi connectivity index (χ1n) is 12.1. The number of anilines is 2. The molecule has 2 aliphatic heterocycles. The van der Waals surface area contributed by atoms with Gasteiger partial charge in [-0.2, -0.15) is 5.26 Å². The Kier molecular flexibility index (Phi) is 7.68. The maximum atomic E-state index is 13.1. The van der Waals surface area contributed by atoms with Crippen molar-refractivity contribution >= 4 is 29.1 Å². The van der Waals surface area contributed by atoms with Gasteiger partial charge < -0.3 is 29.5 Å². The molecule has 0 bridgehead atoms. The Balaban J connectivity index is 1.48. The van der Waals surface area contributed by atoms with Crippen LogP contribution in [0, 0.1) is 17.4 Å². The number of hydrogen-bond acceptors (Lipinski definition) is 6. The van der Waals surface area contributed by atoms with Crippen LogP contribution in [0.1, 0.15) is 13.8 Å². The second-order valence-corrected chi connectivity index (χ2v) is 9.32. The monoisotopic (exact) mass is 491 g/mol. The number of carbonyl (C=O) groups excluding carboxylic acids is 1. The number of guanidine groups is 1. The number of urea groups is 1. The van der Waals surface area contributed by atoms with E-state index in [4.69, 9.17) is 14.5 Å². The predicted molar refractivity (Wildman–Crippen MR) is 140 cm³/mol. The molecule has 2 N–H and O–H groups in total. The van der Waals surface area contributed by atoms with E-state index in [0.29, 0.717) is 56.0 Å². The lowest BCUT2D eigenvalue weighted by Crippen LogP contribution is -2.60. The summed E-state index contributed by atoms with van der Waals surface area (Å²) in [5, 5.41) is 15.1. The van der Waals surface area contributed by atoms with Crippen molar-refractivity contribution in [2.24, 2.45) is 10.9 Å². The lowest BCUT2D eigenvalue weighted by Gasteiger charge is -2.44. The van der Waals surface area contributed by atoms with Crippen LogP contribution in [-0.4, -0.2) is 74.8 Å². The summed E-state index contributed by atoms with van der Waals surface area (Å²) >= 11 is 0. The summed E-state index contributed by atoms with van der Waals surface area (Å²) < 4.78 is 11.2. The second-order valence-electron chi connectivity index (χ2n) is 9.32. The van der Waals surface area contributed by atoms with Crippen molar-refractivity contribution in [2.45, 2.75) is 19.9 Å². The minimum Gasteiger partial charge on any atom is -0.486 e. The van der Waals surface area contributed by atoms with E-state index in [9.17, 15) is 10.1 Å². The van der Waals surface area contributed by atoms with Gasteiger partial charge in [-0.25, -0.2) is 9.79 Å². The molecule has 1 fully saturated rings. The number of nitrogens with zero attached hydrogens (tertiary/aromatic N) is 5. The third-order valence-corrected chi connectivity index (χ3v) is 6.31. The molecule has 0 saturated carbocycles. The summed E-state index contributed by atoms with van der Waals surface area (Å²) in [5.41, 5.74) is 2.48. The van der Waals surface area contributed by atoms with Crippen molar-refractivity contribution in [3.05, 3.63) is 42.5 Å². The Bertz CT molecular complexity index is 1140. The molecule has 36 heavy (non-hydrogen) atoms. The van der Waals surface area contributed by atoms with E-state index in [-0.39, 0.29) is 18.0 Å². The van der Waals surface area contributed by atoms with Crippen LogP contribution in [0.15, 0.2) is 47.5 Å². The van der Waals surface area contributed by atoms with Crippen LogP contribution < -0.4 is 25.0 Å². The minimum atomic E-state index is -0.178. The van der Waals surface area contributed by atoms with Crippen molar-refractivity contribution in [3.8, 4) is 17.7 Å². The van der Waals surface area contributed by atoms with Gasteiger partial charge in [0.1, 0.15) is 13.2 Å². The summed E-state index contributed by atoms with van der Waals surface area (Å²) in [6.07, 6.45) is 2.02. The smallest absolute Gasteiger partial charge is 0.321 e. The number of aliphatic imine (C=N–C) groups is 1. The lowest BCUT2D eigenvalue weighted by atomic mass is 10.00. The molecule has 2 aromatic carbocycles. The molecule has 0 aliphatic carbocycles. The van der Waals surface area contributed by atoms with Gasteiger partial charge in [0.2, 0.25) is 5.96 Å². The minimum absolute atomic E-state index is 0.0228. The molecule has 1 atom stereocenters. The van der Waals surface area contributed by atoms with Crippen LogP contribution in [0.2, 0.25) is 0 Å². The molecular weight excluding hydrogens is 458 g/mol. The number of nitriles is 1. The summed E-state index contributed by atoms with van der Waals surface area (Å²) in [6, 6.07) is 13.0. The number of carbonyl (C=O) groups is 1. The Hall–Kier alpha value is -4.13. The third-order valence-electron chi connectivity index (χ3n) is 6.31. The Morgan fingerprint density at radius 3 is 2.50 bits per heavy atom. The van der Waals surface area contributed by atoms with E-state index in [0.717, 1.165) is 11.4 Å². The quantitative estimate of drug-likeness (QED) is 0.292. The number of rotatable bonds is 4. The molecule has 4 rings (SSSR count). The molecule has 10 nitrogen and oxygen atoms in total. The molecular formula is C26H33N7O3. The second kappa shape index (κ2) is 11.1. The zero-order chi connectivity index (χ0) is 25.7. The van der Waals surface area contributed by atoms with E-state index in [1.54, 1.807) is 17.0 Å². The highest BCUT2D eigenvalue weighted by atomic mass is 16.6. The van der Waals surface area contributed by atoms with Gasteiger partial charge in [0, 0.05) is 51.2 Å². The number of fused-ring (bicyclic) bond motifs is 1. The number of benzene rings is 2. The zero-order valence-corrected chi connectivity index (χ0v) is 21.2. The standard InChI is InChI=1S/C26H33N7O3/c1-18(2)22-16-32(26(34)30-20-7-10-23-24(15-20)36-14-13-35-23)11-12-33(22)25(28-17-27)29-19-5-8-21(9-6-19)31(3)4/h5-10,15,18,22H,11-14,16H2,1-4H3,(H,28,29)(H,30,34). The molecule has 2 aliphatic rings. The normalized spacial score (nSPS) is 17.4. The van der Waals surface area contributed by atoms with Crippen molar-refractivity contribution < 1.29 is 14.3 Å². The fourth-order valence-electron chi connectivity index (χ4n) is 4.31. The molecule has 2 heterocycles. The number of hydrogen-bond donors (Lipinski definition) is 2. The van der Waals surface area contributed by atoms with E-state index in [1.165, 1.54) is 0 Å². The van der Waals surface area contributed by atoms with Gasteiger partial charge in [-0.1, -0.05) is 13.8 Å². The Morgan fingerprint density at radius 1 is 1.11 bits per heavy atom. The van der Waals surface area contributed by atoms with Crippen molar-refractivity contribution in [2.75, 3.05) is 57.2 Å². The summed E-state index contributed by atoms with van der Waals surface area (Å²) in [6.45, 7) is 6.76. The summed E-state index contributed by atoms with van der Waals surface area (Å²) in [7, 11) is 3.97. The van der Waals surface area contributed by atoms with Gasteiger partial charge in [-0.15, -0.1) is 0 Å². The number of piperazine rings is 1. The molecule has 2 aromatic rings. The highest BCUT2D eigenvalue weighted by molar-refractivity contribution is 5.90. The Morgan fingerprint density at radius 2 is 1.83 bits per heavy atom. The van der Waals surface area contributed by atoms with Crippen LogP contribution in [0.4, 0.5) is 21.9 Å². The lowest BCUT2D eigenvalue weighted by molar-refractivity contribution is 0.118. The molecule has 190 valence electrons. The maximum Gasteiger partial charge on any atom is 0.321 e. The topological polar surface area (TPSA) is 105 Å². The van der Waals surface area contributed by atoms with E-state index < -0.39 is 0 Å².